The summed E-state index contributed by atoms with van der Waals surface area (Å²) in [6, 6.07) is 23.4. The minimum atomic E-state index is 0.787. The Balaban J connectivity index is 0.00000158. The number of hydrogen-bond acceptors (Lipinski definition) is 5. The predicted molar refractivity (Wildman–Crippen MR) is 164 cm³/mol. The molecule has 5 aromatic rings. The van der Waals surface area contributed by atoms with Crippen LogP contribution in [0.3, 0.4) is 0 Å². The van der Waals surface area contributed by atoms with E-state index < -0.39 is 0 Å². The van der Waals surface area contributed by atoms with Crippen molar-refractivity contribution in [2.24, 2.45) is 0 Å². The Bertz CT molecular complexity index is 1500. The van der Waals surface area contributed by atoms with Gasteiger partial charge < -0.3 is 9.47 Å². The molecule has 0 N–H and O–H groups in total. The minimum Gasteiger partial charge on any atom is -0.352 e. The van der Waals surface area contributed by atoms with Gasteiger partial charge in [0.25, 0.3) is 0 Å². The molecule has 2 aromatic carbocycles. The van der Waals surface area contributed by atoms with Crippen LogP contribution >= 0.6 is 0 Å². The van der Waals surface area contributed by atoms with Crippen LogP contribution in [0.1, 0.15) is 38.3 Å². The van der Waals surface area contributed by atoms with Crippen molar-refractivity contribution in [3.63, 3.8) is 0 Å². The lowest BCUT2D eigenvalue weighted by Gasteiger charge is -2.26. The van der Waals surface area contributed by atoms with Crippen LogP contribution in [0.15, 0.2) is 103 Å². The SMILES string of the molecule is CC.CCN(Cc1ccc(-n2cccn2)cc1)c1ncnc2c1ccn2CC1=CCN(Cc2ccccc2)CC1. The molecule has 206 valence electrons. The van der Waals surface area contributed by atoms with Crippen molar-refractivity contribution >= 4 is 16.9 Å². The molecule has 0 aliphatic carbocycles. The quantitative estimate of drug-likeness (QED) is 0.202. The number of fused-ring (bicyclic) bond motifs is 1. The third kappa shape index (κ3) is 6.32. The second-order valence-electron chi connectivity index (χ2n) is 9.84. The summed E-state index contributed by atoms with van der Waals surface area (Å²) in [5, 5.41) is 5.42. The molecule has 0 atom stereocenters. The van der Waals surface area contributed by atoms with Gasteiger partial charge in [0.15, 0.2) is 0 Å². The Labute approximate surface area is 237 Å². The average Bonchev–Trinajstić information content (AvgIpc) is 3.70. The monoisotopic (exact) mass is 533 g/mol. The maximum Gasteiger partial charge on any atom is 0.145 e. The summed E-state index contributed by atoms with van der Waals surface area (Å²) >= 11 is 0. The molecule has 7 heteroatoms. The van der Waals surface area contributed by atoms with Crippen molar-refractivity contribution in [3.8, 4) is 5.69 Å². The Hall–Kier alpha value is -4.23. The predicted octanol–water partition coefficient (Wildman–Crippen LogP) is 6.50. The van der Waals surface area contributed by atoms with Crippen LogP contribution in [-0.4, -0.2) is 48.8 Å². The van der Waals surface area contributed by atoms with Gasteiger partial charge in [0, 0.05) is 57.9 Å². The molecular weight excluding hydrogens is 494 g/mol. The van der Waals surface area contributed by atoms with Gasteiger partial charge in [-0.15, -0.1) is 0 Å². The first-order valence-electron chi connectivity index (χ1n) is 14.3. The van der Waals surface area contributed by atoms with E-state index in [0.717, 1.165) is 68.2 Å². The van der Waals surface area contributed by atoms with Crippen LogP contribution in [0.25, 0.3) is 16.7 Å². The fraction of sp³-hybridized carbons (Fsp3) is 0.303. The standard InChI is InChI=1S/C31H33N7.C2H6/c1-2-36(22-26-9-11-28(12-10-26)38-17-6-16-34-38)30-29-15-20-37(31(29)33-24-32-30)23-27-13-18-35(19-14-27)21-25-7-4-3-5-8-25;1-2/h3-13,15-17,20,24H,2,14,18-19,21-23H2,1H3;1-2H3. The summed E-state index contributed by atoms with van der Waals surface area (Å²) < 4.78 is 4.15. The fourth-order valence-corrected chi connectivity index (χ4v) is 5.20. The summed E-state index contributed by atoms with van der Waals surface area (Å²) in [7, 11) is 0. The van der Waals surface area contributed by atoms with Gasteiger partial charge in [0.05, 0.1) is 11.1 Å². The van der Waals surface area contributed by atoms with Gasteiger partial charge in [0.2, 0.25) is 0 Å². The van der Waals surface area contributed by atoms with Crippen LogP contribution in [-0.2, 0) is 19.6 Å². The van der Waals surface area contributed by atoms with E-state index >= 15 is 0 Å². The molecule has 0 unspecified atom stereocenters. The molecule has 0 amide bonds. The van der Waals surface area contributed by atoms with E-state index in [-0.39, 0.29) is 0 Å². The second-order valence-corrected chi connectivity index (χ2v) is 9.84. The lowest BCUT2D eigenvalue weighted by molar-refractivity contribution is 0.283. The van der Waals surface area contributed by atoms with Crippen molar-refractivity contribution in [2.45, 2.75) is 46.8 Å². The molecule has 0 spiro atoms. The summed E-state index contributed by atoms with van der Waals surface area (Å²) in [4.78, 5) is 14.2. The maximum atomic E-state index is 4.71. The van der Waals surface area contributed by atoms with Gasteiger partial charge in [0.1, 0.15) is 17.8 Å². The number of benzene rings is 2. The highest BCUT2D eigenvalue weighted by molar-refractivity contribution is 5.88. The molecule has 1 aliphatic heterocycles. The Kier molecular flexibility index (Phi) is 9.04. The Morgan fingerprint density at radius 1 is 0.850 bits per heavy atom. The van der Waals surface area contributed by atoms with Crippen molar-refractivity contribution in [3.05, 3.63) is 114 Å². The zero-order valence-electron chi connectivity index (χ0n) is 23.8. The van der Waals surface area contributed by atoms with E-state index in [9.17, 15) is 0 Å². The normalized spacial score (nSPS) is 13.5. The number of nitrogens with zero attached hydrogens (tertiary/aromatic N) is 7. The van der Waals surface area contributed by atoms with Gasteiger partial charge in [-0.1, -0.05) is 68.0 Å². The van der Waals surface area contributed by atoms with Crippen molar-refractivity contribution in [1.29, 1.82) is 0 Å². The molecule has 0 saturated heterocycles. The first-order valence-corrected chi connectivity index (χ1v) is 14.3. The zero-order chi connectivity index (χ0) is 27.7. The molecule has 0 fully saturated rings. The number of aromatic nitrogens is 5. The van der Waals surface area contributed by atoms with Crippen LogP contribution < -0.4 is 4.90 Å². The van der Waals surface area contributed by atoms with Crippen molar-refractivity contribution < 1.29 is 0 Å². The first kappa shape index (κ1) is 27.3. The molecule has 40 heavy (non-hydrogen) atoms. The average molecular weight is 534 g/mol. The molecule has 6 rings (SSSR count). The molecule has 3 aromatic heterocycles. The molecule has 0 bridgehead atoms. The summed E-state index contributed by atoms with van der Waals surface area (Å²) in [6.07, 6.45) is 11.1. The first-order chi connectivity index (χ1) is 19.8. The van der Waals surface area contributed by atoms with Gasteiger partial charge in [-0.05, 0) is 48.7 Å². The highest BCUT2D eigenvalue weighted by Crippen LogP contribution is 2.27. The van der Waals surface area contributed by atoms with Gasteiger partial charge in [-0.25, -0.2) is 14.6 Å². The molecule has 0 saturated carbocycles. The number of hydrogen-bond donors (Lipinski definition) is 0. The van der Waals surface area contributed by atoms with Crippen LogP contribution in [0.2, 0.25) is 0 Å². The molecule has 7 nitrogen and oxygen atoms in total. The van der Waals surface area contributed by atoms with E-state index in [1.54, 1.807) is 12.5 Å². The fourth-order valence-electron chi connectivity index (χ4n) is 5.20. The Morgan fingerprint density at radius 2 is 1.68 bits per heavy atom. The topological polar surface area (TPSA) is 55.0 Å². The molecular formula is C33H39N7. The summed E-state index contributed by atoms with van der Waals surface area (Å²) in [5.41, 5.74) is 6.14. The van der Waals surface area contributed by atoms with E-state index in [1.165, 1.54) is 16.7 Å². The number of anilines is 1. The van der Waals surface area contributed by atoms with Crippen LogP contribution in [0, 0.1) is 0 Å². The largest absolute Gasteiger partial charge is 0.352 e. The van der Waals surface area contributed by atoms with Gasteiger partial charge in [-0.2, -0.15) is 5.10 Å². The highest BCUT2D eigenvalue weighted by Gasteiger charge is 2.17. The summed E-state index contributed by atoms with van der Waals surface area (Å²) in [6.45, 7) is 11.8. The lowest BCUT2D eigenvalue weighted by Crippen LogP contribution is -2.29. The smallest absolute Gasteiger partial charge is 0.145 e. The summed E-state index contributed by atoms with van der Waals surface area (Å²) in [5.74, 6) is 0.985. The van der Waals surface area contributed by atoms with E-state index in [2.05, 4.69) is 104 Å². The third-order valence-electron chi connectivity index (χ3n) is 7.30. The van der Waals surface area contributed by atoms with E-state index in [0.29, 0.717) is 0 Å². The van der Waals surface area contributed by atoms with Crippen LogP contribution in [0.4, 0.5) is 5.82 Å². The minimum absolute atomic E-state index is 0.787. The van der Waals surface area contributed by atoms with Crippen molar-refractivity contribution in [2.75, 3.05) is 24.5 Å². The van der Waals surface area contributed by atoms with E-state index in [1.807, 2.05) is 30.8 Å². The molecule has 0 radical (unpaired) electrons. The highest BCUT2D eigenvalue weighted by atomic mass is 15.3. The van der Waals surface area contributed by atoms with Gasteiger partial charge in [-0.3, -0.25) is 4.90 Å². The van der Waals surface area contributed by atoms with Gasteiger partial charge >= 0.3 is 0 Å². The Morgan fingerprint density at radius 3 is 2.38 bits per heavy atom. The molecule has 4 heterocycles. The molecule has 1 aliphatic rings. The van der Waals surface area contributed by atoms with E-state index in [4.69, 9.17) is 4.98 Å². The van der Waals surface area contributed by atoms with Crippen LogP contribution in [0.5, 0.6) is 0 Å². The van der Waals surface area contributed by atoms with Crippen molar-refractivity contribution in [1.82, 2.24) is 29.2 Å². The maximum absolute atomic E-state index is 4.71. The third-order valence-corrected chi connectivity index (χ3v) is 7.30. The lowest BCUT2D eigenvalue weighted by atomic mass is 10.1. The number of rotatable bonds is 9. The second kappa shape index (κ2) is 13.2. The zero-order valence-corrected chi connectivity index (χ0v) is 23.8.